The molecule has 0 bridgehead atoms. The number of nitrogens with zero attached hydrogens (tertiary/aromatic N) is 2. The van der Waals surface area contributed by atoms with E-state index in [2.05, 4.69) is 15.3 Å². The highest BCUT2D eigenvalue weighted by atomic mass is 35.5. The lowest BCUT2D eigenvalue weighted by Gasteiger charge is -2.30. The molecular weight excluding hydrogens is 293 g/mol. The van der Waals surface area contributed by atoms with Crippen LogP contribution in [0.3, 0.4) is 0 Å². The predicted molar refractivity (Wildman–Crippen MR) is 78.8 cm³/mol. The lowest BCUT2D eigenvalue weighted by Crippen LogP contribution is -2.27. The van der Waals surface area contributed by atoms with Crippen molar-refractivity contribution in [2.24, 2.45) is 0 Å². The van der Waals surface area contributed by atoms with Crippen LogP contribution in [0.1, 0.15) is 30.0 Å². The van der Waals surface area contributed by atoms with E-state index in [1.54, 1.807) is 12.1 Å². The maximum Gasteiger partial charge on any atom is 0.129 e. The van der Waals surface area contributed by atoms with Crippen molar-refractivity contribution in [1.82, 2.24) is 9.97 Å². The topological polar surface area (TPSA) is 58.0 Å². The molecule has 0 aliphatic heterocycles. The van der Waals surface area contributed by atoms with Crippen molar-refractivity contribution < 1.29 is 9.50 Å². The molecule has 1 aliphatic rings. The predicted octanol–water partition coefficient (Wildman–Crippen LogP) is 3.12. The van der Waals surface area contributed by atoms with Gasteiger partial charge in [-0.05, 0) is 25.0 Å². The number of hydrogen-bond donors (Lipinski definition) is 2. The van der Waals surface area contributed by atoms with Crippen LogP contribution in [0.15, 0.2) is 30.6 Å². The maximum atomic E-state index is 13.7. The third-order valence-electron chi connectivity index (χ3n) is 3.73. The number of aliphatic hydroxyl groups excluding tert-OH is 1. The number of rotatable bonds is 4. The minimum absolute atomic E-state index is 0.224. The highest BCUT2D eigenvalue weighted by Crippen LogP contribution is 2.36. The molecule has 1 heterocycles. The van der Waals surface area contributed by atoms with Gasteiger partial charge in [-0.1, -0.05) is 17.7 Å². The Morgan fingerprint density at radius 2 is 2.14 bits per heavy atom. The van der Waals surface area contributed by atoms with Gasteiger partial charge in [0.2, 0.25) is 0 Å². The van der Waals surface area contributed by atoms with Crippen LogP contribution in [0.5, 0.6) is 0 Å². The van der Waals surface area contributed by atoms with Crippen LogP contribution < -0.4 is 5.32 Å². The van der Waals surface area contributed by atoms with E-state index in [1.807, 2.05) is 6.07 Å². The number of anilines is 1. The number of aliphatic hydroxyl groups is 1. The number of aromatic nitrogens is 2. The first-order valence-corrected chi connectivity index (χ1v) is 7.18. The third kappa shape index (κ3) is 3.14. The van der Waals surface area contributed by atoms with Crippen molar-refractivity contribution in [3.05, 3.63) is 52.7 Å². The first-order chi connectivity index (χ1) is 10.1. The van der Waals surface area contributed by atoms with E-state index in [0.717, 1.165) is 18.5 Å². The average molecular weight is 308 g/mol. The fourth-order valence-corrected chi connectivity index (χ4v) is 2.63. The molecule has 0 unspecified atom stereocenters. The van der Waals surface area contributed by atoms with Gasteiger partial charge in [-0.3, -0.25) is 0 Å². The van der Waals surface area contributed by atoms with E-state index >= 15 is 0 Å². The van der Waals surface area contributed by atoms with Crippen LogP contribution >= 0.6 is 11.6 Å². The minimum atomic E-state index is -0.341. The Hall–Kier alpha value is -1.72. The highest BCUT2D eigenvalue weighted by molar-refractivity contribution is 6.31. The number of nitrogens with one attached hydrogen (secondary N) is 1. The second-order valence-corrected chi connectivity index (χ2v) is 5.61. The lowest BCUT2D eigenvalue weighted by atomic mass is 9.80. The molecule has 1 fully saturated rings. The Morgan fingerprint density at radius 3 is 2.86 bits per heavy atom. The Morgan fingerprint density at radius 1 is 1.33 bits per heavy atom. The van der Waals surface area contributed by atoms with Crippen molar-refractivity contribution in [3.63, 3.8) is 0 Å². The summed E-state index contributed by atoms with van der Waals surface area (Å²) in [5.41, 5.74) is 1.32. The van der Waals surface area contributed by atoms with Gasteiger partial charge in [-0.2, -0.15) is 0 Å². The van der Waals surface area contributed by atoms with Crippen molar-refractivity contribution >= 4 is 17.4 Å². The summed E-state index contributed by atoms with van der Waals surface area (Å²) in [6, 6.07) is 6.45. The summed E-state index contributed by atoms with van der Waals surface area (Å²) in [7, 11) is 0. The van der Waals surface area contributed by atoms with Gasteiger partial charge < -0.3 is 10.4 Å². The van der Waals surface area contributed by atoms with E-state index in [-0.39, 0.29) is 24.4 Å². The molecule has 0 spiro atoms. The van der Waals surface area contributed by atoms with Gasteiger partial charge in [-0.15, -0.1) is 0 Å². The second-order valence-electron chi connectivity index (χ2n) is 5.20. The molecule has 0 radical (unpaired) electrons. The smallest absolute Gasteiger partial charge is 0.129 e. The van der Waals surface area contributed by atoms with Crippen LogP contribution in [0.2, 0.25) is 5.02 Å². The van der Waals surface area contributed by atoms with Crippen molar-refractivity contribution in [3.8, 4) is 0 Å². The van der Waals surface area contributed by atoms with Crippen LogP contribution in [0.25, 0.3) is 0 Å². The molecule has 4 nitrogen and oxygen atoms in total. The largest absolute Gasteiger partial charge is 0.393 e. The molecule has 2 N–H and O–H groups in total. The number of hydrogen-bond acceptors (Lipinski definition) is 4. The summed E-state index contributed by atoms with van der Waals surface area (Å²) >= 11 is 5.98. The van der Waals surface area contributed by atoms with E-state index in [9.17, 15) is 9.50 Å². The number of halogens is 2. The van der Waals surface area contributed by atoms with Gasteiger partial charge in [0.15, 0.2) is 0 Å². The molecule has 1 aromatic carbocycles. The molecule has 1 aromatic heterocycles. The maximum absolute atomic E-state index is 13.7. The quantitative estimate of drug-likeness (QED) is 0.911. The molecular formula is C15H15ClFN3O. The fraction of sp³-hybridized carbons (Fsp3) is 0.333. The van der Waals surface area contributed by atoms with Gasteiger partial charge in [0.05, 0.1) is 6.10 Å². The van der Waals surface area contributed by atoms with Gasteiger partial charge in [-0.25, -0.2) is 14.4 Å². The van der Waals surface area contributed by atoms with Gasteiger partial charge in [0, 0.05) is 34.8 Å². The van der Waals surface area contributed by atoms with E-state index in [4.69, 9.17) is 11.6 Å². The molecule has 6 heteroatoms. The summed E-state index contributed by atoms with van der Waals surface area (Å²) in [6.07, 6.45) is 2.72. The molecule has 2 aromatic rings. The summed E-state index contributed by atoms with van der Waals surface area (Å²) < 4.78 is 13.7. The minimum Gasteiger partial charge on any atom is -0.393 e. The Labute approximate surface area is 127 Å². The lowest BCUT2D eigenvalue weighted by molar-refractivity contribution is 0.0732. The van der Waals surface area contributed by atoms with Gasteiger partial charge in [0.25, 0.3) is 0 Å². The first-order valence-electron chi connectivity index (χ1n) is 6.80. The van der Waals surface area contributed by atoms with E-state index in [1.165, 1.54) is 12.4 Å². The van der Waals surface area contributed by atoms with Crippen molar-refractivity contribution in [1.29, 1.82) is 0 Å². The average Bonchev–Trinajstić information content (AvgIpc) is 2.44. The molecule has 3 rings (SSSR count). The van der Waals surface area contributed by atoms with E-state index in [0.29, 0.717) is 16.4 Å². The zero-order valence-corrected chi connectivity index (χ0v) is 12.0. The molecule has 0 amide bonds. The molecule has 0 saturated heterocycles. The number of benzene rings is 1. The Kier molecular flexibility index (Phi) is 4.03. The monoisotopic (exact) mass is 307 g/mol. The summed E-state index contributed by atoms with van der Waals surface area (Å²) in [6.45, 7) is 0.259. The van der Waals surface area contributed by atoms with Crippen molar-refractivity contribution in [2.45, 2.75) is 31.4 Å². The standard InChI is InChI=1S/C15H15ClFN3O/c16-12-2-1-3-13(17)11(12)7-18-15-6-14(19-8-20-15)9-4-10(21)5-9/h1-3,6,8-10,21H,4-5,7H2,(H,18,19,20). The zero-order valence-electron chi connectivity index (χ0n) is 11.3. The first kappa shape index (κ1) is 14.2. The second kappa shape index (κ2) is 5.95. The highest BCUT2D eigenvalue weighted by Gasteiger charge is 2.29. The Balaban J connectivity index is 1.69. The normalized spacial score (nSPS) is 20.9. The Bertz CT molecular complexity index is 626. The molecule has 0 atom stereocenters. The SMILES string of the molecule is OC1CC(c2cc(NCc3c(F)cccc3Cl)ncn2)C1. The van der Waals surface area contributed by atoms with Crippen molar-refractivity contribution in [2.75, 3.05) is 5.32 Å². The van der Waals surface area contributed by atoms with Crippen LogP contribution in [0, 0.1) is 5.82 Å². The van der Waals surface area contributed by atoms with Gasteiger partial charge in [0.1, 0.15) is 18.0 Å². The zero-order chi connectivity index (χ0) is 14.8. The molecule has 110 valence electrons. The van der Waals surface area contributed by atoms with Crippen LogP contribution in [-0.4, -0.2) is 21.2 Å². The summed E-state index contributed by atoms with van der Waals surface area (Å²) in [5, 5.41) is 12.8. The fourth-order valence-electron chi connectivity index (χ4n) is 2.40. The molecule has 1 aliphatic carbocycles. The summed E-state index contributed by atoms with van der Waals surface area (Å²) in [4.78, 5) is 8.35. The van der Waals surface area contributed by atoms with Gasteiger partial charge >= 0.3 is 0 Å². The van der Waals surface area contributed by atoms with Crippen LogP contribution in [-0.2, 0) is 6.54 Å². The molecule has 1 saturated carbocycles. The molecule has 21 heavy (non-hydrogen) atoms. The van der Waals surface area contributed by atoms with E-state index < -0.39 is 0 Å². The van der Waals surface area contributed by atoms with Crippen LogP contribution in [0.4, 0.5) is 10.2 Å². The third-order valence-corrected chi connectivity index (χ3v) is 4.08. The summed E-state index contributed by atoms with van der Waals surface area (Å²) in [5.74, 6) is 0.563.